The van der Waals surface area contributed by atoms with Gasteiger partial charge in [-0.3, -0.25) is 19.7 Å². The van der Waals surface area contributed by atoms with E-state index in [1.165, 1.54) is 17.4 Å². The minimum atomic E-state index is -3.31. The molecule has 0 aliphatic carbocycles. The van der Waals surface area contributed by atoms with Crippen LogP contribution >= 0.6 is 11.3 Å². The Morgan fingerprint density at radius 3 is 2.57 bits per heavy atom. The van der Waals surface area contributed by atoms with Crippen LogP contribution in [0.1, 0.15) is 25.1 Å². The fourth-order valence-electron chi connectivity index (χ4n) is 3.27. The van der Waals surface area contributed by atoms with E-state index in [0.29, 0.717) is 10.8 Å². The summed E-state index contributed by atoms with van der Waals surface area (Å²) in [7, 11) is -3.31. The minimum Gasteiger partial charge on any atom is -0.373 e. The summed E-state index contributed by atoms with van der Waals surface area (Å²) >= 11 is 1.40. The molecule has 0 radical (unpaired) electrons. The zero-order valence-corrected chi connectivity index (χ0v) is 18.8. The zero-order valence-electron chi connectivity index (χ0n) is 17.2. The molecule has 2 heterocycles. The third kappa shape index (κ3) is 7.21. The smallest absolute Gasteiger partial charge is 0.250 e. The molecule has 1 aliphatic heterocycles. The van der Waals surface area contributed by atoms with Crippen LogP contribution in [0.15, 0.2) is 35.7 Å². The maximum Gasteiger partial charge on any atom is 0.250 e. The molecule has 2 atom stereocenters. The van der Waals surface area contributed by atoms with Gasteiger partial charge in [0, 0.05) is 36.8 Å². The van der Waals surface area contributed by atoms with E-state index in [4.69, 9.17) is 4.74 Å². The third-order valence-electron chi connectivity index (χ3n) is 4.30. The van der Waals surface area contributed by atoms with Crippen LogP contribution in [0.4, 0.5) is 10.8 Å². The number of nitrogens with zero attached hydrogens (tertiary/aromatic N) is 2. The van der Waals surface area contributed by atoms with Crippen molar-refractivity contribution in [1.82, 2.24) is 9.88 Å². The summed E-state index contributed by atoms with van der Waals surface area (Å²) in [5, 5.41) is 5.29. The summed E-state index contributed by atoms with van der Waals surface area (Å²) in [6.45, 7) is 6.60. The lowest BCUT2D eigenvalue weighted by atomic mass is 10.2. The Kier molecular flexibility index (Phi) is 7.24. The highest BCUT2D eigenvalue weighted by Gasteiger charge is 2.22. The van der Waals surface area contributed by atoms with Gasteiger partial charge < -0.3 is 4.74 Å². The molecule has 162 valence electrons. The number of hydrogen-bond acceptors (Lipinski definition) is 7. The second kappa shape index (κ2) is 9.69. The van der Waals surface area contributed by atoms with Crippen LogP contribution < -0.4 is 10.0 Å². The summed E-state index contributed by atoms with van der Waals surface area (Å²) in [4.78, 5) is 19.0. The number of aromatic nitrogens is 1. The number of hydrogen-bond donors (Lipinski definition) is 2. The lowest BCUT2D eigenvalue weighted by Gasteiger charge is -2.34. The number of benzene rings is 1. The summed E-state index contributed by atoms with van der Waals surface area (Å²) in [6, 6.07) is 6.73. The quantitative estimate of drug-likeness (QED) is 0.629. The van der Waals surface area contributed by atoms with E-state index in [-0.39, 0.29) is 18.1 Å². The summed E-state index contributed by atoms with van der Waals surface area (Å²) in [5.74, 6) is -0.275. The van der Waals surface area contributed by atoms with Crippen LogP contribution in [0, 0.1) is 0 Å². The van der Waals surface area contributed by atoms with Gasteiger partial charge in [0.05, 0.1) is 24.2 Å². The normalized spacial score (nSPS) is 20.4. The lowest BCUT2D eigenvalue weighted by Crippen LogP contribution is -2.44. The van der Waals surface area contributed by atoms with Gasteiger partial charge in [-0.05, 0) is 37.6 Å². The van der Waals surface area contributed by atoms with E-state index in [2.05, 4.69) is 33.8 Å². The molecular formula is C20H26N4O4S2. The number of carbonyl (C=O) groups is 1. The van der Waals surface area contributed by atoms with Gasteiger partial charge in [0.25, 0.3) is 0 Å². The Hall–Kier alpha value is -2.27. The van der Waals surface area contributed by atoms with Gasteiger partial charge in [0.1, 0.15) is 0 Å². The average Bonchev–Trinajstić information content (AvgIpc) is 3.05. The van der Waals surface area contributed by atoms with Gasteiger partial charge in [0.15, 0.2) is 5.13 Å². The highest BCUT2D eigenvalue weighted by atomic mass is 32.2. The SMILES string of the molecule is CC1CN(Cc2csc(NC(=O)/C=C/c3ccc(NS(C)(=O)=O)cc3)n2)CC(C)O1. The van der Waals surface area contributed by atoms with Gasteiger partial charge in [-0.1, -0.05) is 12.1 Å². The maximum absolute atomic E-state index is 12.2. The number of carbonyl (C=O) groups excluding carboxylic acids is 1. The van der Waals surface area contributed by atoms with Crippen molar-refractivity contribution < 1.29 is 17.9 Å². The molecular weight excluding hydrogens is 424 g/mol. The van der Waals surface area contributed by atoms with Gasteiger partial charge in [0.2, 0.25) is 15.9 Å². The van der Waals surface area contributed by atoms with Crippen molar-refractivity contribution in [3.8, 4) is 0 Å². The number of nitrogens with one attached hydrogen (secondary N) is 2. The summed E-state index contributed by atoms with van der Waals surface area (Å²) in [6.07, 6.45) is 4.58. The molecule has 2 unspecified atom stereocenters. The van der Waals surface area contributed by atoms with Crippen molar-refractivity contribution >= 4 is 44.2 Å². The first-order chi connectivity index (χ1) is 14.2. The molecule has 1 aromatic carbocycles. The molecule has 0 saturated carbocycles. The summed E-state index contributed by atoms with van der Waals surface area (Å²) in [5.41, 5.74) is 2.17. The number of anilines is 2. The average molecular weight is 451 g/mol. The second-order valence-electron chi connectivity index (χ2n) is 7.41. The standard InChI is InChI=1S/C20H26N4O4S2/c1-14-10-24(11-15(2)28-14)12-18-13-29-20(21-18)22-19(25)9-6-16-4-7-17(8-5-16)23-30(3,26)27/h4-9,13-15,23H,10-12H2,1-3H3,(H,21,22,25)/b9-6+. The van der Waals surface area contributed by atoms with E-state index in [1.807, 2.05) is 5.38 Å². The first-order valence-corrected chi connectivity index (χ1v) is 12.3. The first-order valence-electron chi connectivity index (χ1n) is 9.55. The molecule has 2 N–H and O–H groups in total. The third-order valence-corrected chi connectivity index (χ3v) is 5.72. The van der Waals surface area contributed by atoms with E-state index < -0.39 is 10.0 Å². The van der Waals surface area contributed by atoms with Crippen molar-refractivity contribution in [2.75, 3.05) is 29.4 Å². The number of sulfonamides is 1. The lowest BCUT2D eigenvalue weighted by molar-refractivity contribution is -0.111. The van der Waals surface area contributed by atoms with Crippen LogP contribution in [0.25, 0.3) is 6.08 Å². The molecule has 1 aromatic heterocycles. The fraction of sp³-hybridized carbons (Fsp3) is 0.400. The summed E-state index contributed by atoms with van der Waals surface area (Å²) < 4.78 is 30.6. The number of ether oxygens (including phenoxy) is 1. The molecule has 1 aliphatic rings. The number of thiazole rings is 1. The molecule has 1 saturated heterocycles. The molecule has 0 bridgehead atoms. The van der Waals surface area contributed by atoms with Gasteiger partial charge in [-0.15, -0.1) is 11.3 Å². The van der Waals surface area contributed by atoms with Crippen LogP contribution in [-0.4, -0.2) is 55.8 Å². The van der Waals surface area contributed by atoms with Crippen molar-refractivity contribution in [3.63, 3.8) is 0 Å². The van der Waals surface area contributed by atoms with Crippen molar-refractivity contribution in [3.05, 3.63) is 47.0 Å². The highest BCUT2D eigenvalue weighted by Crippen LogP contribution is 2.19. The van der Waals surface area contributed by atoms with Crippen LogP contribution in [-0.2, 0) is 26.1 Å². The number of morpholine rings is 1. The number of rotatable bonds is 7. The Morgan fingerprint density at radius 2 is 1.93 bits per heavy atom. The maximum atomic E-state index is 12.2. The fourth-order valence-corrected chi connectivity index (χ4v) is 4.54. The van der Waals surface area contributed by atoms with Gasteiger partial charge in [-0.25, -0.2) is 13.4 Å². The molecule has 8 nitrogen and oxygen atoms in total. The van der Waals surface area contributed by atoms with E-state index in [1.54, 1.807) is 30.3 Å². The van der Waals surface area contributed by atoms with Crippen molar-refractivity contribution in [2.24, 2.45) is 0 Å². The molecule has 3 rings (SSSR count). The van der Waals surface area contributed by atoms with Crippen LogP contribution in [0.2, 0.25) is 0 Å². The van der Waals surface area contributed by atoms with Crippen molar-refractivity contribution in [1.29, 1.82) is 0 Å². The Bertz CT molecular complexity index is 992. The largest absolute Gasteiger partial charge is 0.373 e. The topological polar surface area (TPSA) is 101 Å². The molecule has 1 amide bonds. The second-order valence-corrected chi connectivity index (χ2v) is 10.0. The molecule has 0 spiro atoms. The Labute approximate surface area is 181 Å². The van der Waals surface area contributed by atoms with Gasteiger partial charge >= 0.3 is 0 Å². The minimum absolute atomic E-state index is 0.202. The highest BCUT2D eigenvalue weighted by molar-refractivity contribution is 7.92. The molecule has 10 heteroatoms. The zero-order chi connectivity index (χ0) is 21.7. The molecule has 1 fully saturated rings. The van der Waals surface area contributed by atoms with E-state index in [9.17, 15) is 13.2 Å². The monoisotopic (exact) mass is 450 g/mol. The van der Waals surface area contributed by atoms with Gasteiger partial charge in [-0.2, -0.15) is 0 Å². The van der Waals surface area contributed by atoms with E-state index in [0.717, 1.165) is 37.1 Å². The van der Waals surface area contributed by atoms with Crippen LogP contribution in [0.5, 0.6) is 0 Å². The molecule has 30 heavy (non-hydrogen) atoms. The predicted molar refractivity (Wildman–Crippen MR) is 120 cm³/mol. The number of amides is 1. The van der Waals surface area contributed by atoms with E-state index >= 15 is 0 Å². The van der Waals surface area contributed by atoms with Crippen LogP contribution in [0.3, 0.4) is 0 Å². The predicted octanol–water partition coefficient (Wildman–Crippen LogP) is 2.78. The van der Waals surface area contributed by atoms with Crippen molar-refractivity contribution in [2.45, 2.75) is 32.6 Å². The molecule has 2 aromatic rings. The Morgan fingerprint density at radius 1 is 1.27 bits per heavy atom. The Balaban J connectivity index is 1.51. The first kappa shape index (κ1) is 22.4.